The summed E-state index contributed by atoms with van der Waals surface area (Å²) in [5, 5.41) is 3.10. The number of methoxy groups -OCH3 is 2. The predicted molar refractivity (Wildman–Crippen MR) is 138 cm³/mol. The van der Waals surface area contributed by atoms with E-state index >= 15 is 0 Å². The third kappa shape index (κ3) is 6.36. The van der Waals surface area contributed by atoms with Gasteiger partial charge in [0, 0.05) is 44.8 Å². The minimum absolute atomic E-state index is 0.0141. The van der Waals surface area contributed by atoms with E-state index < -0.39 is 0 Å². The van der Waals surface area contributed by atoms with Gasteiger partial charge < -0.3 is 24.4 Å². The summed E-state index contributed by atoms with van der Waals surface area (Å²) in [5.41, 5.74) is 2.93. The number of para-hydroxylation sites is 1. The average molecular weight is 496 g/mol. The molecule has 2 aromatic carbocycles. The monoisotopic (exact) mass is 495 g/mol. The second kappa shape index (κ2) is 11.8. The summed E-state index contributed by atoms with van der Waals surface area (Å²) in [4.78, 5) is 29.9. The summed E-state index contributed by atoms with van der Waals surface area (Å²) >= 11 is 0. The molecule has 0 aliphatic carbocycles. The van der Waals surface area contributed by atoms with Gasteiger partial charge in [-0.3, -0.25) is 14.5 Å². The zero-order chi connectivity index (χ0) is 25.7. The van der Waals surface area contributed by atoms with E-state index in [9.17, 15) is 9.59 Å². The molecule has 0 radical (unpaired) electrons. The lowest BCUT2D eigenvalue weighted by atomic mass is 10.1. The Morgan fingerprint density at radius 1 is 1.03 bits per heavy atom. The highest BCUT2D eigenvalue weighted by Crippen LogP contribution is 2.28. The normalized spacial score (nSPS) is 22.5. The first kappa shape index (κ1) is 26.0. The number of nitrogens with zero attached hydrogens (tertiary/aromatic N) is 2. The molecule has 4 rings (SSSR count). The first-order chi connectivity index (χ1) is 17.4. The Morgan fingerprint density at radius 2 is 1.75 bits per heavy atom. The Morgan fingerprint density at radius 3 is 2.47 bits per heavy atom. The maximum atomic E-state index is 13.1. The van der Waals surface area contributed by atoms with Gasteiger partial charge in [0.05, 0.1) is 32.3 Å². The summed E-state index contributed by atoms with van der Waals surface area (Å²) in [6.45, 7) is 7.63. The SMILES string of the molecule is COc1ccc(CCN2CC(C(=O)Nc3ccccc3CN3CC(C)OC(C)C3)CC2=O)cc1OC. The molecule has 194 valence electrons. The fourth-order valence-electron chi connectivity index (χ4n) is 5.13. The Balaban J connectivity index is 1.34. The van der Waals surface area contributed by atoms with Crippen LogP contribution < -0.4 is 14.8 Å². The molecule has 0 saturated carbocycles. The molecular weight excluding hydrogens is 458 g/mol. The summed E-state index contributed by atoms with van der Waals surface area (Å²) in [7, 11) is 3.21. The Kier molecular flexibility index (Phi) is 8.48. The van der Waals surface area contributed by atoms with Crippen LogP contribution in [0.2, 0.25) is 0 Å². The van der Waals surface area contributed by atoms with Gasteiger partial charge in [0.25, 0.3) is 0 Å². The molecule has 1 N–H and O–H groups in total. The topological polar surface area (TPSA) is 80.3 Å². The number of amides is 2. The molecule has 3 atom stereocenters. The van der Waals surface area contributed by atoms with Crippen LogP contribution in [0.5, 0.6) is 11.5 Å². The first-order valence-corrected chi connectivity index (χ1v) is 12.6. The molecule has 2 amide bonds. The van der Waals surface area contributed by atoms with Crippen molar-refractivity contribution in [1.29, 1.82) is 0 Å². The van der Waals surface area contributed by atoms with Crippen LogP contribution in [0.3, 0.4) is 0 Å². The predicted octanol–water partition coefficient (Wildman–Crippen LogP) is 3.34. The molecule has 8 heteroatoms. The van der Waals surface area contributed by atoms with Crippen LogP contribution in [0.4, 0.5) is 5.69 Å². The van der Waals surface area contributed by atoms with Crippen LogP contribution in [0.15, 0.2) is 42.5 Å². The molecule has 3 unspecified atom stereocenters. The van der Waals surface area contributed by atoms with Gasteiger partial charge in [0.15, 0.2) is 11.5 Å². The summed E-state index contributed by atoms with van der Waals surface area (Å²) in [6.07, 6.45) is 1.29. The van der Waals surface area contributed by atoms with Crippen molar-refractivity contribution in [1.82, 2.24) is 9.80 Å². The number of likely N-dealkylation sites (tertiary alicyclic amines) is 1. The zero-order valence-electron chi connectivity index (χ0n) is 21.7. The lowest BCUT2D eigenvalue weighted by molar-refractivity contribution is -0.128. The molecule has 0 bridgehead atoms. The molecule has 2 saturated heterocycles. The van der Waals surface area contributed by atoms with Crippen molar-refractivity contribution in [2.24, 2.45) is 5.92 Å². The number of hydrogen-bond acceptors (Lipinski definition) is 6. The van der Waals surface area contributed by atoms with Gasteiger partial charge in [-0.1, -0.05) is 24.3 Å². The molecule has 2 aliphatic heterocycles. The quantitative estimate of drug-likeness (QED) is 0.575. The van der Waals surface area contributed by atoms with E-state index in [0.717, 1.165) is 36.4 Å². The van der Waals surface area contributed by atoms with Crippen molar-refractivity contribution in [2.75, 3.05) is 45.7 Å². The highest BCUT2D eigenvalue weighted by molar-refractivity contribution is 5.97. The van der Waals surface area contributed by atoms with Crippen LogP contribution in [0.1, 0.15) is 31.4 Å². The van der Waals surface area contributed by atoms with Gasteiger partial charge in [-0.15, -0.1) is 0 Å². The molecule has 2 aromatic rings. The third-order valence-electron chi connectivity index (χ3n) is 6.87. The molecule has 8 nitrogen and oxygen atoms in total. The summed E-state index contributed by atoms with van der Waals surface area (Å²) in [6, 6.07) is 13.7. The van der Waals surface area contributed by atoms with Gasteiger partial charge in [0.2, 0.25) is 11.8 Å². The molecular formula is C28H37N3O5. The Labute approximate surface area is 213 Å². The minimum Gasteiger partial charge on any atom is -0.493 e. The first-order valence-electron chi connectivity index (χ1n) is 12.6. The van der Waals surface area contributed by atoms with Crippen molar-refractivity contribution >= 4 is 17.5 Å². The van der Waals surface area contributed by atoms with Crippen LogP contribution >= 0.6 is 0 Å². The second-order valence-corrected chi connectivity index (χ2v) is 9.78. The molecule has 2 aliphatic rings. The second-order valence-electron chi connectivity index (χ2n) is 9.78. The average Bonchev–Trinajstić information content (AvgIpc) is 3.23. The zero-order valence-corrected chi connectivity index (χ0v) is 21.7. The van der Waals surface area contributed by atoms with Crippen molar-refractivity contribution in [3.63, 3.8) is 0 Å². The van der Waals surface area contributed by atoms with E-state index in [4.69, 9.17) is 14.2 Å². The van der Waals surface area contributed by atoms with Gasteiger partial charge in [-0.25, -0.2) is 0 Å². The van der Waals surface area contributed by atoms with E-state index in [2.05, 4.69) is 30.1 Å². The van der Waals surface area contributed by atoms with E-state index in [1.165, 1.54) is 0 Å². The Hall–Kier alpha value is -3.10. The van der Waals surface area contributed by atoms with E-state index in [1.54, 1.807) is 19.1 Å². The van der Waals surface area contributed by atoms with Crippen LogP contribution in [-0.4, -0.2) is 74.2 Å². The van der Waals surface area contributed by atoms with E-state index in [-0.39, 0.29) is 36.4 Å². The van der Waals surface area contributed by atoms with Crippen LogP contribution in [0, 0.1) is 5.92 Å². The maximum absolute atomic E-state index is 13.1. The number of carbonyl (C=O) groups is 2. The van der Waals surface area contributed by atoms with Gasteiger partial charge in [-0.2, -0.15) is 0 Å². The summed E-state index contributed by atoms with van der Waals surface area (Å²) in [5.74, 6) is 0.889. The highest BCUT2D eigenvalue weighted by atomic mass is 16.5. The number of anilines is 1. The highest BCUT2D eigenvalue weighted by Gasteiger charge is 2.34. The van der Waals surface area contributed by atoms with Crippen molar-refractivity contribution < 1.29 is 23.8 Å². The van der Waals surface area contributed by atoms with Gasteiger partial charge in [0.1, 0.15) is 0 Å². The maximum Gasteiger partial charge on any atom is 0.229 e. The number of rotatable bonds is 9. The van der Waals surface area contributed by atoms with E-state index in [0.29, 0.717) is 31.0 Å². The fourth-order valence-corrected chi connectivity index (χ4v) is 5.13. The van der Waals surface area contributed by atoms with Crippen molar-refractivity contribution in [3.05, 3.63) is 53.6 Å². The molecule has 0 aromatic heterocycles. The molecule has 0 spiro atoms. The van der Waals surface area contributed by atoms with Gasteiger partial charge >= 0.3 is 0 Å². The standard InChI is InChI=1S/C28H37N3O5/c1-19-15-30(16-20(2)36-19)17-22-7-5-6-8-24(22)29-28(33)23-14-27(32)31(18-23)12-11-21-9-10-25(34-3)26(13-21)35-4/h5-10,13,19-20,23H,11-12,14-18H2,1-4H3,(H,29,33). The minimum atomic E-state index is -0.362. The van der Waals surface area contributed by atoms with E-state index in [1.807, 2.05) is 36.4 Å². The number of hydrogen-bond donors (Lipinski definition) is 1. The molecule has 2 fully saturated rings. The number of morpholine rings is 1. The molecule has 2 heterocycles. The molecule has 36 heavy (non-hydrogen) atoms. The lowest BCUT2D eigenvalue weighted by Crippen LogP contribution is -2.44. The number of ether oxygens (including phenoxy) is 3. The summed E-state index contributed by atoms with van der Waals surface area (Å²) < 4.78 is 16.5. The van der Waals surface area contributed by atoms with Crippen molar-refractivity contribution in [2.45, 2.75) is 45.4 Å². The third-order valence-corrected chi connectivity index (χ3v) is 6.87. The fraction of sp³-hybridized carbons (Fsp3) is 0.500. The van der Waals surface area contributed by atoms with Gasteiger partial charge in [-0.05, 0) is 49.6 Å². The van der Waals surface area contributed by atoms with Crippen molar-refractivity contribution in [3.8, 4) is 11.5 Å². The number of nitrogens with one attached hydrogen (secondary N) is 1. The lowest BCUT2D eigenvalue weighted by Gasteiger charge is -2.35. The largest absolute Gasteiger partial charge is 0.493 e. The van der Waals surface area contributed by atoms with Crippen LogP contribution in [0.25, 0.3) is 0 Å². The smallest absolute Gasteiger partial charge is 0.229 e. The number of carbonyl (C=O) groups excluding carboxylic acids is 2. The number of benzene rings is 2. The Bertz CT molecular complexity index is 1060. The van der Waals surface area contributed by atoms with Crippen LogP contribution in [-0.2, 0) is 27.3 Å².